The zero-order chi connectivity index (χ0) is 12.7. The molecule has 0 radical (unpaired) electrons. The third kappa shape index (κ3) is 5.85. The molecule has 4 heteroatoms. The van der Waals surface area contributed by atoms with Crippen molar-refractivity contribution >= 4 is 34.8 Å². The highest BCUT2D eigenvalue weighted by Gasteiger charge is 2.32. The summed E-state index contributed by atoms with van der Waals surface area (Å²) in [7, 11) is 0. The molecule has 0 aliphatic heterocycles. The fourth-order valence-electron chi connectivity index (χ4n) is 1.51. The smallest absolute Gasteiger partial charge is 0.196 e. The molecule has 0 aliphatic carbocycles. The molecule has 0 fully saturated rings. The van der Waals surface area contributed by atoms with Gasteiger partial charge in [0.05, 0.1) is 6.61 Å². The molecule has 1 aromatic rings. The number of alkyl halides is 3. The van der Waals surface area contributed by atoms with Gasteiger partial charge in [-0.3, -0.25) is 0 Å². The summed E-state index contributed by atoms with van der Waals surface area (Å²) in [6.45, 7) is 2.55. The van der Waals surface area contributed by atoms with Gasteiger partial charge in [0.25, 0.3) is 0 Å². The molecule has 0 aromatic heterocycles. The molecule has 0 saturated carbocycles. The molecular formula is C13H17Cl3O. The zero-order valence-corrected chi connectivity index (χ0v) is 12.1. The normalized spacial score (nSPS) is 13.4. The number of rotatable bonds is 6. The van der Waals surface area contributed by atoms with E-state index >= 15 is 0 Å². The maximum absolute atomic E-state index is 5.95. The molecule has 1 atom stereocenters. The van der Waals surface area contributed by atoms with E-state index < -0.39 is 3.79 Å². The number of benzene rings is 1. The minimum absolute atomic E-state index is 0.0762. The Morgan fingerprint density at radius 2 is 1.82 bits per heavy atom. The van der Waals surface area contributed by atoms with Crippen LogP contribution in [0, 0.1) is 5.92 Å². The Kier molecular flexibility index (Phi) is 6.47. The SMILES string of the molecule is CCCCC(COc1ccccc1)C(Cl)(Cl)Cl. The summed E-state index contributed by atoms with van der Waals surface area (Å²) in [5.74, 6) is 0.732. The van der Waals surface area contributed by atoms with Gasteiger partial charge < -0.3 is 4.74 Å². The Hall–Kier alpha value is -0.110. The van der Waals surface area contributed by atoms with Gasteiger partial charge in [-0.25, -0.2) is 0 Å². The third-order valence-corrected chi connectivity index (χ3v) is 3.49. The van der Waals surface area contributed by atoms with Gasteiger partial charge in [-0.2, -0.15) is 0 Å². The van der Waals surface area contributed by atoms with Crippen molar-refractivity contribution in [3.63, 3.8) is 0 Å². The molecule has 0 bridgehead atoms. The van der Waals surface area contributed by atoms with E-state index in [9.17, 15) is 0 Å². The van der Waals surface area contributed by atoms with Crippen molar-refractivity contribution in [3.05, 3.63) is 30.3 Å². The highest BCUT2D eigenvalue weighted by molar-refractivity contribution is 6.67. The zero-order valence-electron chi connectivity index (χ0n) is 9.83. The first-order valence-corrected chi connectivity index (χ1v) is 6.92. The van der Waals surface area contributed by atoms with Crippen LogP contribution in [0.15, 0.2) is 30.3 Å². The van der Waals surface area contributed by atoms with Crippen LogP contribution in [-0.2, 0) is 0 Å². The van der Waals surface area contributed by atoms with Gasteiger partial charge in [-0.05, 0) is 18.6 Å². The molecule has 1 rings (SSSR count). The van der Waals surface area contributed by atoms with E-state index in [0.717, 1.165) is 25.0 Å². The van der Waals surface area contributed by atoms with Gasteiger partial charge in [0.15, 0.2) is 3.79 Å². The lowest BCUT2D eigenvalue weighted by molar-refractivity contribution is 0.239. The summed E-state index contributed by atoms with van der Waals surface area (Å²) >= 11 is 17.9. The van der Waals surface area contributed by atoms with Crippen LogP contribution < -0.4 is 4.74 Å². The quantitative estimate of drug-likeness (QED) is 0.652. The van der Waals surface area contributed by atoms with Crippen LogP contribution in [-0.4, -0.2) is 10.4 Å². The number of ether oxygens (including phenoxy) is 1. The fourth-order valence-corrected chi connectivity index (χ4v) is 2.02. The Labute approximate surface area is 118 Å². The van der Waals surface area contributed by atoms with Crippen molar-refractivity contribution in [1.29, 1.82) is 0 Å². The maximum atomic E-state index is 5.95. The first-order chi connectivity index (χ1) is 8.04. The van der Waals surface area contributed by atoms with Crippen molar-refractivity contribution in [3.8, 4) is 5.75 Å². The van der Waals surface area contributed by atoms with E-state index in [1.165, 1.54) is 0 Å². The Bertz CT molecular complexity index is 308. The number of halogens is 3. The van der Waals surface area contributed by atoms with Gasteiger partial charge >= 0.3 is 0 Å². The second-order valence-corrected chi connectivity index (χ2v) is 6.37. The molecule has 0 heterocycles. The van der Waals surface area contributed by atoms with Crippen molar-refractivity contribution < 1.29 is 4.74 Å². The van der Waals surface area contributed by atoms with E-state index in [1.54, 1.807) is 0 Å². The summed E-state index contributed by atoms with van der Waals surface area (Å²) in [5, 5.41) is 0. The molecule has 1 unspecified atom stereocenters. The van der Waals surface area contributed by atoms with E-state index in [1.807, 2.05) is 30.3 Å². The van der Waals surface area contributed by atoms with E-state index in [0.29, 0.717) is 6.61 Å². The van der Waals surface area contributed by atoms with Crippen LogP contribution in [0.2, 0.25) is 0 Å². The van der Waals surface area contributed by atoms with Gasteiger partial charge in [0.1, 0.15) is 5.75 Å². The lowest BCUT2D eigenvalue weighted by Gasteiger charge is -2.24. The number of hydrogen-bond acceptors (Lipinski definition) is 1. The first kappa shape index (κ1) is 14.9. The monoisotopic (exact) mass is 294 g/mol. The van der Waals surface area contributed by atoms with Crippen molar-refractivity contribution in [2.24, 2.45) is 5.92 Å². The molecule has 1 aromatic carbocycles. The van der Waals surface area contributed by atoms with Crippen molar-refractivity contribution in [1.82, 2.24) is 0 Å². The molecule has 0 amide bonds. The van der Waals surface area contributed by atoms with Crippen molar-refractivity contribution in [2.45, 2.75) is 30.0 Å². The van der Waals surface area contributed by atoms with Gasteiger partial charge in [0.2, 0.25) is 0 Å². The van der Waals surface area contributed by atoms with Crippen LogP contribution in [0.25, 0.3) is 0 Å². The van der Waals surface area contributed by atoms with E-state index in [4.69, 9.17) is 39.5 Å². The predicted octanol–water partition coefficient (Wildman–Crippen LogP) is 5.24. The minimum atomic E-state index is -1.26. The topological polar surface area (TPSA) is 9.23 Å². The van der Waals surface area contributed by atoms with Crippen LogP contribution in [0.5, 0.6) is 5.75 Å². The van der Waals surface area contributed by atoms with E-state index in [-0.39, 0.29) is 5.92 Å². The first-order valence-electron chi connectivity index (χ1n) is 5.78. The average molecular weight is 296 g/mol. The standard InChI is InChI=1S/C13H17Cl3O/c1-2-3-7-11(13(14,15)16)10-17-12-8-5-4-6-9-12/h4-6,8-9,11H,2-3,7,10H2,1H3. The molecule has 0 aliphatic rings. The van der Waals surface area contributed by atoms with Crippen LogP contribution in [0.4, 0.5) is 0 Å². The lowest BCUT2D eigenvalue weighted by atomic mass is 10.1. The maximum Gasteiger partial charge on any atom is 0.196 e. The number of hydrogen-bond donors (Lipinski definition) is 0. The Morgan fingerprint density at radius 1 is 1.18 bits per heavy atom. The van der Waals surface area contributed by atoms with Crippen LogP contribution in [0.1, 0.15) is 26.2 Å². The summed E-state index contributed by atoms with van der Waals surface area (Å²) < 4.78 is 4.38. The molecular weight excluding hydrogens is 279 g/mol. The summed E-state index contributed by atoms with van der Waals surface area (Å²) in [6, 6.07) is 9.58. The van der Waals surface area contributed by atoms with E-state index in [2.05, 4.69) is 6.92 Å². The van der Waals surface area contributed by atoms with Crippen molar-refractivity contribution in [2.75, 3.05) is 6.61 Å². The second kappa shape index (κ2) is 7.35. The largest absolute Gasteiger partial charge is 0.493 e. The van der Waals surface area contributed by atoms with Crippen LogP contribution >= 0.6 is 34.8 Å². The highest BCUT2D eigenvalue weighted by atomic mass is 35.6. The van der Waals surface area contributed by atoms with Gasteiger partial charge in [0, 0.05) is 5.92 Å². The van der Waals surface area contributed by atoms with Gasteiger partial charge in [-0.15, -0.1) is 0 Å². The summed E-state index contributed by atoms with van der Waals surface area (Å²) in [5.41, 5.74) is 0. The average Bonchev–Trinajstić information content (AvgIpc) is 2.29. The van der Waals surface area contributed by atoms with Gasteiger partial charge in [-0.1, -0.05) is 72.8 Å². The number of unbranched alkanes of at least 4 members (excludes halogenated alkanes) is 1. The Morgan fingerprint density at radius 3 is 2.35 bits per heavy atom. The minimum Gasteiger partial charge on any atom is -0.493 e. The predicted molar refractivity (Wildman–Crippen MR) is 75.2 cm³/mol. The summed E-state index contributed by atoms with van der Waals surface area (Å²) in [4.78, 5) is 0. The second-order valence-electron chi connectivity index (χ2n) is 4.00. The number of para-hydroxylation sites is 1. The molecule has 1 nitrogen and oxygen atoms in total. The third-order valence-electron chi connectivity index (χ3n) is 2.56. The molecule has 17 heavy (non-hydrogen) atoms. The Balaban J connectivity index is 2.49. The van der Waals surface area contributed by atoms with Crippen LogP contribution in [0.3, 0.4) is 0 Å². The molecule has 0 N–H and O–H groups in total. The molecule has 0 spiro atoms. The highest BCUT2D eigenvalue weighted by Crippen LogP contribution is 2.38. The lowest BCUT2D eigenvalue weighted by Crippen LogP contribution is -2.26. The molecule has 96 valence electrons. The molecule has 0 saturated heterocycles. The summed E-state index contributed by atoms with van der Waals surface area (Å²) in [6.07, 6.45) is 2.99. The fraction of sp³-hybridized carbons (Fsp3) is 0.538.